The van der Waals surface area contributed by atoms with Crippen LogP contribution in [0.2, 0.25) is 0 Å². The van der Waals surface area contributed by atoms with Crippen LogP contribution in [0.3, 0.4) is 0 Å². The lowest BCUT2D eigenvalue weighted by Crippen LogP contribution is -2.29. The van der Waals surface area contributed by atoms with Crippen molar-refractivity contribution in [2.75, 3.05) is 5.32 Å². The van der Waals surface area contributed by atoms with Crippen molar-refractivity contribution in [1.82, 2.24) is 0 Å². The average molecular weight is 408 g/mol. The Hall–Kier alpha value is -1.45. The average Bonchev–Trinajstić information content (AvgIpc) is 2.43. The standard InChI is InChI=1S/C13H14FIN2O4/c14-9-5-11(12(17(20)21)6-10(9)15)16-8-3-1-7(2-4-8)13(18)19/h5-8,16H,1-4H2,(H,18,19). The Labute approximate surface area is 134 Å². The van der Waals surface area contributed by atoms with E-state index in [2.05, 4.69) is 5.32 Å². The van der Waals surface area contributed by atoms with E-state index in [1.165, 1.54) is 6.07 Å². The third-order valence-electron chi connectivity index (χ3n) is 3.67. The van der Waals surface area contributed by atoms with E-state index < -0.39 is 16.7 Å². The van der Waals surface area contributed by atoms with E-state index in [9.17, 15) is 19.3 Å². The first-order valence-corrected chi connectivity index (χ1v) is 7.59. The number of carboxylic acid groups (broad SMARTS) is 1. The number of rotatable bonds is 4. The number of hydrogen-bond acceptors (Lipinski definition) is 4. The molecule has 21 heavy (non-hydrogen) atoms. The van der Waals surface area contributed by atoms with Crippen LogP contribution in [-0.4, -0.2) is 22.0 Å². The summed E-state index contributed by atoms with van der Waals surface area (Å²) in [7, 11) is 0. The lowest BCUT2D eigenvalue weighted by atomic mass is 9.86. The number of aliphatic carboxylic acids is 1. The first-order chi connectivity index (χ1) is 9.88. The highest BCUT2D eigenvalue weighted by Crippen LogP contribution is 2.32. The Morgan fingerprint density at radius 1 is 1.38 bits per heavy atom. The second kappa shape index (κ2) is 6.54. The van der Waals surface area contributed by atoms with E-state index >= 15 is 0 Å². The van der Waals surface area contributed by atoms with Crippen molar-refractivity contribution in [2.45, 2.75) is 31.7 Å². The SMILES string of the molecule is O=C(O)C1CCC(Nc2cc(F)c(I)cc2[N+](=O)[O-])CC1. The molecule has 1 aliphatic rings. The maximum Gasteiger partial charge on any atom is 0.306 e. The summed E-state index contributed by atoms with van der Waals surface area (Å²) in [6, 6.07) is 2.25. The molecule has 8 heteroatoms. The number of nitrogens with zero attached hydrogens (tertiary/aromatic N) is 1. The van der Waals surface area contributed by atoms with Crippen LogP contribution in [0.15, 0.2) is 12.1 Å². The molecule has 1 saturated carbocycles. The summed E-state index contributed by atoms with van der Waals surface area (Å²) in [5.74, 6) is -1.67. The molecule has 1 fully saturated rings. The van der Waals surface area contributed by atoms with Crippen molar-refractivity contribution in [2.24, 2.45) is 5.92 Å². The van der Waals surface area contributed by atoms with Crippen molar-refractivity contribution < 1.29 is 19.2 Å². The number of nitrogens with one attached hydrogen (secondary N) is 1. The summed E-state index contributed by atoms with van der Waals surface area (Å²) >= 11 is 1.71. The number of halogens is 2. The van der Waals surface area contributed by atoms with E-state index in [1.807, 2.05) is 0 Å². The first kappa shape index (κ1) is 15.9. The Bertz CT molecular complexity index is 574. The molecule has 0 unspecified atom stereocenters. The minimum absolute atomic E-state index is 0.0706. The van der Waals surface area contributed by atoms with Crippen LogP contribution >= 0.6 is 22.6 Å². The van der Waals surface area contributed by atoms with Crippen molar-refractivity contribution in [1.29, 1.82) is 0 Å². The molecule has 0 spiro atoms. The molecule has 0 aliphatic heterocycles. The fourth-order valence-electron chi connectivity index (χ4n) is 2.51. The zero-order valence-corrected chi connectivity index (χ0v) is 13.2. The molecule has 0 amide bonds. The molecule has 1 aliphatic carbocycles. The van der Waals surface area contributed by atoms with Crippen molar-refractivity contribution in [3.8, 4) is 0 Å². The number of nitro benzene ring substituents is 1. The van der Waals surface area contributed by atoms with Crippen LogP contribution in [0.1, 0.15) is 25.7 Å². The predicted molar refractivity (Wildman–Crippen MR) is 82.8 cm³/mol. The summed E-state index contributed by atoms with van der Waals surface area (Å²) in [4.78, 5) is 21.4. The second-order valence-electron chi connectivity index (χ2n) is 5.07. The molecule has 2 N–H and O–H groups in total. The topological polar surface area (TPSA) is 92.5 Å². The van der Waals surface area contributed by atoms with Crippen LogP contribution in [0.25, 0.3) is 0 Å². The van der Waals surface area contributed by atoms with E-state index in [0.29, 0.717) is 25.7 Å². The van der Waals surface area contributed by atoms with Gasteiger partial charge >= 0.3 is 5.97 Å². The Morgan fingerprint density at radius 2 is 2.00 bits per heavy atom. The molecule has 0 aromatic heterocycles. The zero-order valence-electron chi connectivity index (χ0n) is 11.0. The molecular weight excluding hydrogens is 394 g/mol. The summed E-state index contributed by atoms with van der Waals surface area (Å²) in [6.07, 6.45) is 2.24. The van der Waals surface area contributed by atoms with E-state index in [1.54, 1.807) is 22.6 Å². The fourth-order valence-corrected chi connectivity index (χ4v) is 2.96. The van der Waals surface area contributed by atoms with Crippen LogP contribution < -0.4 is 5.32 Å². The molecular formula is C13H14FIN2O4. The third kappa shape index (κ3) is 3.80. The van der Waals surface area contributed by atoms with E-state index in [0.717, 1.165) is 6.07 Å². The molecule has 2 rings (SSSR count). The summed E-state index contributed by atoms with van der Waals surface area (Å²) in [5, 5.41) is 22.9. The highest BCUT2D eigenvalue weighted by molar-refractivity contribution is 14.1. The summed E-state index contributed by atoms with van der Waals surface area (Å²) in [6.45, 7) is 0. The highest BCUT2D eigenvalue weighted by atomic mass is 127. The van der Waals surface area contributed by atoms with Crippen molar-refractivity contribution >= 4 is 39.9 Å². The minimum Gasteiger partial charge on any atom is -0.481 e. The van der Waals surface area contributed by atoms with Crippen LogP contribution in [-0.2, 0) is 4.79 Å². The van der Waals surface area contributed by atoms with Gasteiger partial charge in [-0.3, -0.25) is 14.9 Å². The van der Waals surface area contributed by atoms with Gasteiger partial charge in [-0.1, -0.05) is 0 Å². The lowest BCUT2D eigenvalue weighted by molar-refractivity contribution is -0.384. The largest absolute Gasteiger partial charge is 0.481 e. The number of anilines is 1. The van der Waals surface area contributed by atoms with Gasteiger partial charge in [0.25, 0.3) is 5.69 Å². The van der Waals surface area contributed by atoms with Gasteiger partial charge in [-0.15, -0.1) is 0 Å². The van der Waals surface area contributed by atoms with Gasteiger partial charge in [0.05, 0.1) is 14.4 Å². The molecule has 0 atom stereocenters. The number of benzene rings is 1. The minimum atomic E-state index is -0.806. The Kier molecular flexibility index (Phi) is 4.96. The van der Waals surface area contributed by atoms with E-state index in [-0.39, 0.29) is 26.9 Å². The van der Waals surface area contributed by atoms with Gasteiger partial charge in [-0.05, 0) is 48.3 Å². The number of nitro groups is 1. The highest BCUT2D eigenvalue weighted by Gasteiger charge is 2.27. The Balaban J connectivity index is 2.11. The quantitative estimate of drug-likeness (QED) is 0.453. The van der Waals surface area contributed by atoms with Crippen LogP contribution in [0.4, 0.5) is 15.8 Å². The third-order valence-corrected chi connectivity index (χ3v) is 4.50. The molecule has 6 nitrogen and oxygen atoms in total. The van der Waals surface area contributed by atoms with Gasteiger partial charge in [-0.25, -0.2) is 4.39 Å². The van der Waals surface area contributed by atoms with Crippen molar-refractivity contribution in [3.05, 3.63) is 31.6 Å². The van der Waals surface area contributed by atoms with Gasteiger partial charge in [-0.2, -0.15) is 0 Å². The summed E-state index contributed by atoms with van der Waals surface area (Å²) < 4.78 is 13.8. The number of hydrogen-bond donors (Lipinski definition) is 2. The number of carboxylic acids is 1. The molecule has 114 valence electrons. The van der Waals surface area contributed by atoms with E-state index in [4.69, 9.17) is 5.11 Å². The molecule has 1 aromatic carbocycles. The molecule has 0 bridgehead atoms. The smallest absolute Gasteiger partial charge is 0.306 e. The molecule has 0 saturated heterocycles. The van der Waals surface area contributed by atoms with Crippen molar-refractivity contribution in [3.63, 3.8) is 0 Å². The monoisotopic (exact) mass is 408 g/mol. The first-order valence-electron chi connectivity index (χ1n) is 6.51. The van der Waals surface area contributed by atoms with Gasteiger partial charge in [0.2, 0.25) is 0 Å². The second-order valence-corrected chi connectivity index (χ2v) is 6.23. The number of carbonyl (C=O) groups is 1. The van der Waals surface area contributed by atoms with Gasteiger partial charge in [0.15, 0.2) is 0 Å². The molecule has 1 aromatic rings. The molecule has 0 heterocycles. The lowest BCUT2D eigenvalue weighted by Gasteiger charge is -2.27. The zero-order chi connectivity index (χ0) is 15.6. The van der Waals surface area contributed by atoms with Crippen LogP contribution in [0.5, 0.6) is 0 Å². The van der Waals surface area contributed by atoms with Crippen LogP contribution in [0, 0.1) is 25.4 Å². The maximum absolute atomic E-state index is 13.6. The van der Waals surface area contributed by atoms with Gasteiger partial charge < -0.3 is 10.4 Å². The Morgan fingerprint density at radius 3 is 2.52 bits per heavy atom. The normalized spacial score (nSPS) is 21.8. The van der Waals surface area contributed by atoms with Gasteiger partial charge in [0.1, 0.15) is 11.5 Å². The fraction of sp³-hybridized carbons (Fsp3) is 0.462. The predicted octanol–water partition coefficient (Wildman–Crippen LogP) is 3.39. The maximum atomic E-state index is 13.6. The summed E-state index contributed by atoms with van der Waals surface area (Å²) in [5.41, 5.74) is -0.0159. The van der Waals surface area contributed by atoms with Gasteiger partial charge in [0, 0.05) is 18.2 Å². The molecule has 0 radical (unpaired) electrons.